The molecule has 1 aliphatic carbocycles. The summed E-state index contributed by atoms with van der Waals surface area (Å²) < 4.78 is 27.1. The van der Waals surface area contributed by atoms with Crippen molar-refractivity contribution in [2.75, 3.05) is 5.32 Å². The van der Waals surface area contributed by atoms with Crippen molar-refractivity contribution in [3.8, 4) is 11.5 Å². The summed E-state index contributed by atoms with van der Waals surface area (Å²) >= 11 is 0. The van der Waals surface area contributed by atoms with Crippen molar-refractivity contribution in [3.63, 3.8) is 0 Å². The number of ether oxygens (including phenoxy) is 2. The maximum absolute atomic E-state index is 14.8. The second kappa shape index (κ2) is 11.5. The van der Waals surface area contributed by atoms with Crippen LogP contribution in [0.4, 0.5) is 10.1 Å². The molecule has 3 heterocycles. The van der Waals surface area contributed by atoms with Gasteiger partial charge in [0.25, 0.3) is 0 Å². The Morgan fingerprint density at radius 2 is 1.61 bits per heavy atom. The van der Waals surface area contributed by atoms with Gasteiger partial charge in [-0.1, -0.05) is 67.8 Å². The van der Waals surface area contributed by atoms with Crippen molar-refractivity contribution in [1.82, 2.24) is 10.2 Å². The number of anilines is 1. The van der Waals surface area contributed by atoms with Gasteiger partial charge in [0.1, 0.15) is 29.0 Å². The van der Waals surface area contributed by atoms with Crippen LogP contribution in [0.5, 0.6) is 11.5 Å². The van der Waals surface area contributed by atoms with E-state index in [4.69, 9.17) is 9.47 Å². The largest absolute Gasteiger partial charge is 0.457 e. The summed E-state index contributed by atoms with van der Waals surface area (Å²) in [6, 6.07) is 21.5. The third kappa shape index (κ3) is 5.05. The van der Waals surface area contributed by atoms with E-state index < -0.39 is 41.3 Å². The van der Waals surface area contributed by atoms with Gasteiger partial charge in [0.2, 0.25) is 17.7 Å². The number of fused-ring (bicyclic) bond motifs is 1. The number of amides is 3. The molecule has 5 atom stereocenters. The average molecular weight is 596 g/mol. The molecule has 4 aliphatic rings. The molecular weight excluding hydrogens is 561 g/mol. The van der Waals surface area contributed by atoms with Crippen LogP contribution in [0.25, 0.3) is 0 Å². The van der Waals surface area contributed by atoms with E-state index in [9.17, 15) is 18.8 Å². The Hall–Kier alpha value is -4.50. The van der Waals surface area contributed by atoms with Crippen molar-refractivity contribution >= 4 is 23.4 Å². The van der Waals surface area contributed by atoms with Crippen molar-refractivity contribution in [3.05, 3.63) is 102 Å². The number of likely N-dealkylation sites (tertiary alicyclic amines) is 1. The van der Waals surface area contributed by atoms with Crippen LogP contribution in [0.15, 0.2) is 91.0 Å². The molecule has 44 heavy (non-hydrogen) atoms. The molecule has 7 rings (SSSR count). The lowest BCUT2D eigenvalue weighted by Gasteiger charge is -2.34. The van der Waals surface area contributed by atoms with E-state index in [2.05, 4.69) is 10.6 Å². The molecule has 9 heteroatoms. The summed E-state index contributed by atoms with van der Waals surface area (Å²) in [6.45, 7) is -0.106. The van der Waals surface area contributed by atoms with Crippen LogP contribution in [0, 0.1) is 17.7 Å². The van der Waals surface area contributed by atoms with Gasteiger partial charge in [0, 0.05) is 23.8 Å². The minimum absolute atomic E-state index is 0.00707. The van der Waals surface area contributed by atoms with Crippen molar-refractivity contribution in [2.24, 2.45) is 11.8 Å². The topological polar surface area (TPSA) is 97.0 Å². The van der Waals surface area contributed by atoms with Crippen molar-refractivity contribution in [2.45, 2.75) is 62.4 Å². The molecule has 3 aromatic carbocycles. The van der Waals surface area contributed by atoms with Gasteiger partial charge in [0.15, 0.2) is 0 Å². The Morgan fingerprint density at radius 3 is 2.36 bits per heavy atom. The number of halogens is 1. The second-order valence-corrected chi connectivity index (χ2v) is 12.0. The first-order valence-corrected chi connectivity index (χ1v) is 15.3. The van der Waals surface area contributed by atoms with Gasteiger partial charge < -0.3 is 25.0 Å². The lowest BCUT2D eigenvalue weighted by atomic mass is 9.74. The average Bonchev–Trinajstić information content (AvgIpc) is 3.68. The second-order valence-electron chi connectivity index (χ2n) is 12.0. The first-order valence-electron chi connectivity index (χ1n) is 15.3. The Morgan fingerprint density at radius 1 is 0.909 bits per heavy atom. The molecule has 1 saturated carbocycles. The van der Waals surface area contributed by atoms with Crippen LogP contribution < -0.4 is 15.4 Å². The molecule has 8 nitrogen and oxygen atoms in total. The minimum Gasteiger partial charge on any atom is -0.457 e. The number of rotatable bonds is 8. The molecule has 2 saturated heterocycles. The molecule has 0 aromatic heterocycles. The smallest absolute Gasteiger partial charge is 0.246 e. The monoisotopic (exact) mass is 595 g/mol. The third-order valence-corrected chi connectivity index (χ3v) is 9.28. The molecule has 1 spiro atoms. The highest BCUT2D eigenvalue weighted by molar-refractivity contribution is 6.02. The number of para-hydroxylation sites is 1. The van der Waals surface area contributed by atoms with Gasteiger partial charge in [-0.15, -0.1) is 0 Å². The lowest BCUT2D eigenvalue weighted by molar-refractivity contribution is -0.142. The van der Waals surface area contributed by atoms with E-state index in [0.717, 1.165) is 32.1 Å². The number of benzene rings is 3. The number of carbonyl (C=O) groups is 3. The van der Waals surface area contributed by atoms with Crippen LogP contribution in [-0.2, 0) is 25.7 Å². The summed E-state index contributed by atoms with van der Waals surface area (Å²) in [4.78, 5) is 43.4. The number of hydrogen-bond acceptors (Lipinski definition) is 5. The standard InChI is InChI=1S/C35H34FN3O5/c36-27-14-8-7-9-22(27)21-39-31(33(41)38-23-10-3-1-4-11-23)35-20-19-28(44-35)29(30(35)34(39)42)32(40)37-24-15-17-26(18-16-24)43-25-12-5-2-6-13-25/h2,5-9,12-20,23,28-31H,1,3-4,10-11,21H2,(H,37,40)(H,38,41)/t28-,29+,30-,31+,35-/m1/s1. The Kier molecular flexibility index (Phi) is 7.42. The Balaban J connectivity index is 1.14. The SMILES string of the molecule is O=C(Nc1ccc(Oc2ccccc2)cc1)[C@H]1[C@H]2C=C[C@]3(O2)[C@H](C(=O)NC2CCCCC2)N(Cc2ccccc2F)C(=O)[C@@H]13. The van der Waals surface area contributed by atoms with Crippen molar-refractivity contribution in [1.29, 1.82) is 0 Å². The van der Waals surface area contributed by atoms with Crippen LogP contribution in [0.3, 0.4) is 0 Å². The lowest BCUT2D eigenvalue weighted by Crippen LogP contribution is -2.56. The Labute approximate surface area is 255 Å². The third-order valence-electron chi connectivity index (χ3n) is 9.28. The van der Waals surface area contributed by atoms with Gasteiger partial charge in [-0.2, -0.15) is 0 Å². The summed E-state index contributed by atoms with van der Waals surface area (Å²) in [5.41, 5.74) is -0.484. The molecule has 3 fully saturated rings. The molecule has 0 radical (unpaired) electrons. The zero-order chi connectivity index (χ0) is 30.3. The normalized spacial score (nSPS) is 27.3. The number of carbonyl (C=O) groups excluding carboxylic acids is 3. The fourth-order valence-corrected chi connectivity index (χ4v) is 7.23. The zero-order valence-electron chi connectivity index (χ0n) is 24.2. The fourth-order valence-electron chi connectivity index (χ4n) is 7.23. The van der Waals surface area contributed by atoms with E-state index >= 15 is 0 Å². The van der Waals surface area contributed by atoms with Gasteiger partial charge >= 0.3 is 0 Å². The predicted octanol–water partition coefficient (Wildman–Crippen LogP) is 5.36. The molecule has 2 bridgehead atoms. The molecule has 2 N–H and O–H groups in total. The van der Waals surface area contributed by atoms with Crippen molar-refractivity contribution < 1.29 is 28.2 Å². The van der Waals surface area contributed by atoms with Crippen LogP contribution in [0.1, 0.15) is 37.7 Å². The van der Waals surface area contributed by atoms with E-state index in [1.807, 2.05) is 30.3 Å². The highest BCUT2D eigenvalue weighted by Gasteiger charge is 2.72. The quantitative estimate of drug-likeness (QED) is 0.342. The molecular formula is C35H34FN3O5. The molecule has 3 aromatic rings. The number of nitrogens with zero attached hydrogens (tertiary/aromatic N) is 1. The highest BCUT2D eigenvalue weighted by Crippen LogP contribution is 2.55. The van der Waals surface area contributed by atoms with E-state index in [1.165, 1.54) is 11.0 Å². The fraction of sp³-hybridized carbons (Fsp3) is 0.343. The summed E-state index contributed by atoms with van der Waals surface area (Å²) in [5.74, 6) is -2.04. The highest BCUT2D eigenvalue weighted by atomic mass is 19.1. The summed E-state index contributed by atoms with van der Waals surface area (Å²) in [6.07, 6.45) is 7.82. The van der Waals surface area contributed by atoms with Gasteiger partial charge in [-0.05, 0) is 55.3 Å². The minimum atomic E-state index is -1.32. The van der Waals surface area contributed by atoms with Gasteiger partial charge in [-0.3, -0.25) is 14.4 Å². The Bertz CT molecular complexity index is 1590. The first kappa shape index (κ1) is 28.3. The molecule has 0 unspecified atom stereocenters. The molecule has 3 aliphatic heterocycles. The molecule has 3 amide bonds. The number of nitrogens with one attached hydrogen (secondary N) is 2. The van der Waals surface area contributed by atoms with E-state index in [-0.39, 0.29) is 24.4 Å². The summed E-state index contributed by atoms with van der Waals surface area (Å²) in [5, 5.41) is 6.09. The molecule has 226 valence electrons. The van der Waals surface area contributed by atoms with Crippen LogP contribution >= 0.6 is 0 Å². The summed E-state index contributed by atoms with van der Waals surface area (Å²) in [7, 11) is 0. The predicted molar refractivity (Wildman–Crippen MR) is 161 cm³/mol. The van der Waals surface area contributed by atoms with E-state index in [0.29, 0.717) is 22.7 Å². The van der Waals surface area contributed by atoms with Gasteiger partial charge in [-0.25, -0.2) is 4.39 Å². The first-order chi connectivity index (χ1) is 21.4. The number of hydrogen-bond donors (Lipinski definition) is 2. The van der Waals surface area contributed by atoms with Crippen LogP contribution in [-0.4, -0.2) is 46.4 Å². The van der Waals surface area contributed by atoms with Crippen LogP contribution in [0.2, 0.25) is 0 Å². The van der Waals surface area contributed by atoms with E-state index in [1.54, 1.807) is 54.6 Å². The maximum atomic E-state index is 14.8. The zero-order valence-corrected chi connectivity index (χ0v) is 24.2. The maximum Gasteiger partial charge on any atom is 0.246 e. The van der Waals surface area contributed by atoms with Gasteiger partial charge in [0.05, 0.1) is 17.9 Å².